The van der Waals surface area contributed by atoms with E-state index in [0.717, 1.165) is 5.56 Å². The maximum atomic E-state index is 14.3. The zero-order chi connectivity index (χ0) is 19.4. The average molecular weight is 370 g/mol. The minimum Gasteiger partial charge on any atom is -0.366 e. The Morgan fingerprint density at radius 2 is 1.63 bits per heavy atom. The molecule has 0 spiro atoms. The summed E-state index contributed by atoms with van der Waals surface area (Å²) in [5.41, 5.74) is 1.53. The van der Waals surface area contributed by atoms with Crippen molar-refractivity contribution in [3.05, 3.63) is 71.3 Å². The number of rotatable bonds is 4. The van der Waals surface area contributed by atoms with Gasteiger partial charge in [0.1, 0.15) is 11.6 Å². The molecule has 1 saturated heterocycles. The molecule has 0 aromatic heterocycles. The van der Waals surface area contributed by atoms with Crippen molar-refractivity contribution in [1.82, 2.24) is 4.90 Å². The van der Waals surface area contributed by atoms with Gasteiger partial charge in [0.15, 0.2) is 5.78 Å². The highest BCUT2D eigenvalue weighted by molar-refractivity contribution is 5.94. The summed E-state index contributed by atoms with van der Waals surface area (Å²) < 4.78 is 27.2. The lowest BCUT2D eigenvalue weighted by atomic mass is 10.1. The highest BCUT2D eigenvalue weighted by Gasteiger charge is 2.22. The minimum atomic E-state index is -0.432. The Bertz CT molecular complexity index is 870. The highest BCUT2D eigenvalue weighted by atomic mass is 19.1. The van der Waals surface area contributed by atoms with Crippen LogP contribution in [-0.4, -0.2) is 42.8 Å². The van der Waals surface area contributed by atoms with Gasteiger partial charge in [0.25, 0.3) is 0 Å². The highest BCUT2D eigenvalue weighted by Crippen LogP contribution is 2.22. The van der Waals surface area contributed by atoms with Crippen LogP contribution in [-0.2, 0) is 4.79 Å². The number of carbonyl (C=O) groups excluding carboxylic acids is 2. The van der Waals surface area contributed by atoms with Crippen LogP contribution in [0.5, 0.6) is 0 Å². The Hall–Kier alpha value is -3.02. The summed E-state index contributed by atoms with van der Waals surface area (Å²) in [6, 6.07) is 10.4. The normalized spacial score (nSPS) is 14.6. The van der Waals surface area contributed by atoms with Crippen LogP contribution in [0.25, 0.3) is 6.08 Å². The Morgan fingerprint density at radius 1 is 0.963 bits per heavy atom. The van der Waals surface area contributed by atoms with Gasteiger partial charge in [-0.3, -0.25) is 9.59 Å². The molecule has 0 aliphatic carbocycles. The van der Waals surface area contributed by atoms with Crippen LogP contribution in [0.3, 0.4) is 0 Å². The van der Waals surface area contributed by atoms with E-state index in [0.29, 0.717) is 37.4 Å². The van der Waals surface area contributed by atoms with E-state index in [1.165, 1.54) is 31.2 Å². The molecule has 1 amide bonds. The molecule has 1 fully saturated rings. The molecule has 0 N–H and O–H groups in total. The fourth-order valence-electron chi connectivity index (χ4n) is 3.00. The Labute approximate surface area is 156 Å². The molecule has 0 bridgehead atoms. The van der Waals surface area contributed by atoms with Gasteiger partial charge in [-0.15, -0.1) is 0 Å². The molecule has 0 unspecified atom stereocenters. The van der Waals surface area contributed by atoms with Gasteiger partial charge in [-0.2, -0.15) is 0 Å². The smallest absolute Gasteiger partial charge is 0.246 e. The lowest BCUT2D eigenvalue weighted by Crippen LogP contribution is -2.48. The third-order valence-electron chi connectivity index (χ3n) is 4.57. The van der Waals surface area contributed by atoms with Gasteiger partial charge in [0.05, 0.1) is 5.69 Å². The topological polar surface area (TPSA) is 40.6 Å². The lowest BCUT2D eigenvalue weighted by Gasteiger charge is -2.35. The van der Waals surface area contributed by atoms with Crippen LogP contribution in [0.15, 0.2) is 48.5 Å². The van der Waals surface area contributed by atoms with Crippen LogP contribution in [0.4, 0.5) is 14.5 Å². The van der Waals surface area contributed by atoms with Gasteiger partial charge >= 0.3 is 0 Å². The number of amides is 1. The molecule has 3 rings (SSSR count). The van der Waals surface area contributed by atoms with Crippen molar-refractivity contribution in [2.75, 3.05) is 31.1 Å². The van der Waals surface area contributed by atoms with Crippen LogP contribution >= 0.6 is 0 Å². The van der Waals surface area contributed by atoms with Gasteiger partial charge in [0.2, 0.25) is 5.91 Å². The number of piperazine rings is 1. The molecule has 6 heteroatoms. The number of anilines is 1. The van der Waals surface area contributed by atoms with Crippen molar-refractivity contribution in [3.63, 3.8) is 0 Å². The number of benzene rings is 2. The molecule has 2 aromatic carbocycles. The molecule has 1 aliphatic heterocycles. The molecule has 0 saturated carbocycles. The summed E-state index contributed by atoms with van der Waals surface area (Å²) in [7, 11) is 0. The van der Waals surface area contributed by atoms with E-state index in [2.05, 4.69) is 0 Å². The van der Waals surface area contributed by atoms with Crippen molar-refractivity contribution in [3.8, 4) is 0 Å². The molecule has 1 heterocycles. The predicted molar refractivity (Wildman–Crippen MR) is 101 cm³/mol. The van der Waals surface area contributed by atoms with Crippen LogP contribution < -0.4 is 4.90 Å². The van der Waals surface area contributed by atoms with Crippen molar-refractivity contribution >= 4 is 23.5 Å². The number of hydrogen-bond acceptors (Lipinski definition) is 3. The van der Waals surface area contributed by atoms with Crippen LogP contribution in [0.2, 0.25) is 0 Å². The zero-order valence-electron chi connectivity index (χ0n) is 15.0. The zero-order valence-corrected chi connectivity index (χ0v) is 15.0. The standard InChI is InChI=1S/C21H20F2N2O2/c1-15(26)17-5-8-20(19(23)14-17)24-10-12-25(13-11-24)21(27)9-4-16-2-6-18(22)7-3-16/h2-9,14H,10-13H2,1H3. The molecule has 1 aliphatic rings. The summed E-state index contributed by atoms with van der Waals surface area (Å²) in [6.07, 6.45) is 3.11. The number of halogens is 2. The van der Waals surface area contributed by atoms with Crippen LogP contribution in [0.1, 0.15) is 22.8 Å². The van der Waals surface area contributed by atoms with Gasteiger partial charge in [-0.1, -0.05) is 12.1 Å². The van der Waals surface area contributed by atoms with E-state index in [-0.39, 0.29) is 17.5 Å². The Morgan fingerprint density at radius 3 is 2.22 bits per heavy atom. The largest absolute Gasteiger partial charge is 0.366 e. The molecule has 2 aromatic rings. The summed E-state index contributed by atoms with van der Waals surface area (Å²) in [4.78, 5) is 27.2. The van der Waals surface area contributed by atoms with Crippen LogP contribution in [0, 0.1) is 11.6 Å². The number of nitrogens with zero attached hydrogens (tertiary/aromatic N) is 2. The van der Waals surface area contributed by atoms with E-state index in [4.69, 9.17) is 0 Å². The fraction of sp³-hybridized carbons (Fsp3) is 0.238. The van der Waals surface area contributed by atoms with Crippen molar-refractivity contribution < 1.29 is 18.4 Å². The maximum absolute atomic E-state index is 14.3. The monoisotopic (exact) mass is 370 g/mol. The van der Waals surface area contributed by atoms with E-state index in [1.54, 1.807) is 35.2 Å². The van der Waals surface area contributed by atoms with Crippen molar-refractivity contribution in [2.45, 2.75) is 6.92 Å². The molecular formula is C21H20F2N2O2. The Kier molecular flexibility index (Phi) is 5.64. The molecule has 0 radical (unpaired) electrons. The average Bonchev–Trinajstić information content (AvgIpc) is 2.67. The SMILES string of the molecule is CC(=O)c1ccc(N2CCN(C(=O)C=Cc3ccc(F)cc3)CC2)c(F)c1. The second-order valence-corrected chi connectivity index (χ2v) is 6.42. The first-order chi connectivity index (χ1) is 12.9. The number of hydrogen-bond donors (Lipinski definition) is 0. The molecular weight excluding hydrogens is 350 g/mol. The second kappa shape index (κ2) is 8.12. The summed E-state index contributed by atoms with van der Waals surface area (Å²) in [6.45, 7) is 3.36. The van der Waals surface area contributed by atoms with E-state index >= 15 is 0 Å². The summed E-state index contributed by atoms with van der Waals surface area (Å²) in [5.74, 6) is -1.06. The quantitative estimate of drug-likeness (QED) is 0.611. The number of Topliss-reactive ketones (excluding diaryl/α,β-unsaturated/α-hetero) is 1. The van der Waals surface area contributed by atoms with Gasteiger partial charge < -0.3 is 9.80 Å². The molecule has 140 valence electrons. The third-order valence-corrected chi connectivity index (χ3v) is 4.57. The van der Waals surface area contributed by atoms with Crippen molar-refractivity contribution in [2.24, 2.45) is 0 Å². The first-order valence-corrected chi connectivity index (χ1v) is 8.72. The molecule has 27 heavy (non-hydrogen) atoms. The fourth-order valence-corrected chi connectivity index (χ4v) is 3.00. The number of carbonyl (C=O) groups is 2. The van der Waals surface area contributed by atoms with Gasteiger partial charge in [0, 0.05) is 37.8 Å². The third kappa shape index (κ3) is 4.58. The van der Waals surface area contributed by atoms with E-state index in [1.807, 2.05) is 4.90 Å². The number of ketones is 1. The molecule has 0 atom stereocenters. The summed E-state index contributed by atoms with van der Waals surface area (Å²) >= 11 is 0. The second-order valence-electron chi connectivity index (χ2n) is 6.42. The van der Waals surface area contributed by atoms with E-state index in [9.17, 15) is 18.4 Å². The first kappa shape index (κ1) is 18.8. The maximum Gasteiger partial charge on any atom is 0.246 e. The predicted octanol–water partition coefficient (Wildman–Crippen LogP) is 3.53. The van der Waals surface area contributed by atoms with E-state index < -0.39 is 5.82 Å². The molecule has 4 nitrogen and oxygen atoms in total. The Balaban J connectivity index is 1.59. The summed E-state index contributed by atoms with van der Waals surface area (Å²) in [5, 5.41) is 0. The first-order valence-electron chi connectivity index (χ1n) is 8.72. The minimum absolute atomic E-state index is 0.133. The van der Waals surface area contributed by atoms with Gasteiger partial charge in [-0.05, 0) is 48.9 Å². The lowest BCUT2D eigenvalue weighted by molar-refractivity contribution is -0.126. The van der Waals surface area contributed by atoms with Crippen molar-refractivity contribution in [1.29, 1.82) is 0 Å². The van der Waals surface area contributed by atoms with Gasteiger partial charge in [-0.25, -0.2) is 8.78 Å².